The van der Waals surface area contributed by atoms with Gasteiger partial charge in [0.15, 0.2) is 0 Å². The summed E-state index contributed by atoms with van der Waals surface area (Å²) < 4.78 is 5.33. The molecule has 1 heterocycles. The lowest BCUT2D eigenvalue weighted by Gasteiger charge is -2.22. The summed E-state index contributed by atoms with van der Waals surface area (Å²) in [7, 11) is 0. The molecule has 17 heavy (non-hydrogen) atoms. The zero-order valence-electron chi connectivity index (χ0n) is 10.6. The van der Waals surface area contributed by atoms with Crippen LogP contribution in [-0.2, 0) is 14.3 Å². The second kappa shape index (κ2) is 6.00. The van der Waals surface area contributed by atoms with Gasteiger partial charge < -0.3 is 15.2 Å². The molecule has 0 aliphatic carbocycles. The number of carbonyl (C=O) groups is 2. The van der Waals surface area contributed by atoms with E-state index in [-0.39, 0.29) is 36.3 Å². The van der Waals surface area contributed by atoms with Crippen LogP contribution in [0.3, 0.4) is 0 Å². The minimum atomic E-state index is -0.889. The van der Waals surface area contributed by atoms with Crippen LogP contribution in [0.5, 0.6) is 0 Å². The zero-order valence-corrected chi connectivity index (χ0v) is 10.6. The molecule has 0 aromatic heterocycles. The van der Waals surface area contributed by atoms with Gasteiger partial charge >= 0.3 is 5.97 Å². The van der Waals surface area contributed by atoms with Crippen molar-refractivity contribution >= 4 is 11.9 Å². The second-order valence-corrected chi connectivity index (χ2v) is 5.03. The van der Waals surface area contributed by atoms with E-state index in [0.29, 0.717) is 13.0 Å². The number of carbonyl (C=O) groups excluding carboxylic acids is 1. The molecule has 5 nitrogen and oxygen atoms in total. The van der Waals surface area contributed by atoms with Crippen molar-refractivity contribution < 1.29 is 19.4 Å². The van der Waals surface area contributed by atoms with Crippen molar-refractivity contribution in [2.24, 2.45) is 11.8 Å². The maximum absolute atomic E-state index is 11.9. The lowest BCUT2D eigenvalue weighted by atomic mass is 9.98. The standard InChI is InChI=1S/C12H21NO4/c1-7(2)10(5-11(14)15)13-12(16)9-4-8(3)17-6-9/h7-10H,4-6H2,1-3H3,(H,13,16)(H,14,15). The van der Waals surface area contributed by atoms with Crippen molar-refractivity contribution in [3.05, 3.63) is 0 Å². The molecule has 1 aliphatic heterocycles. The fourth-order valence-electron chi connectivity index (χ4n) is 1.94. The predicted molar refractivity (Wildman–Crippen MR) is 62.5 cm³/mol. The third-order valence-corrected chi connectivity index (χ3v) is 3.10. The summed E-state index contributed by atoms with van der Waals surface area (Å²) >= 11 is 0. The first-order valence-corrected chi connectivity index (χ1v) is 6.04. The molecule has 3 unspecified atom stereocenters. The largest absolute Gasteiger partial charge is 0.481 e. The molecule has 98 valence electrons. The molecule has 0 saturated carbocycles. The molecule has 1 saturated heterocycles. The van der Waals surface area contributed by atoms with Crippen molar-refractivity contribution in [1.82, 2.24) is 5.32 Å². The number of carboxylic acids is 1. The summed E-state index contributed by atoms with van der Waals surface area (Å²) in [6, 6.07) is -0.309. The highest BCUT2D eigenvalue weighted by atomic mass is 16.5. The van der Waals surface area contributed by atoms with E-state index < -0.39 is 5.97 Å². The van der Waals surface area contributed by atoms with E-state index >= 15 is 0 Å². The second-order valence-electron chi connectivity index (χ2n) is 5.03. The van der Waals surface area contributed by atoms with E-state index in [1.807, 2.05) is 20.8 Å². The number of nitrogens with one attached hydrogen (secondary N) is 1. The average Bonchev–Trinajstić information content (AvgIpc) is 2.63. The molecule has 2 N–H and O–H groups in total. The number of aliphatic carboxylic acids is 1. The maximum atomic E-state index is 11.9. The SMILES string of the molecule is CC1CC(C(=O)NC(CC(=O)O)C(C)C)CO1. The number of ether oxygens (including phenoxy) is 1. The lowest BCUT2D eigenvalue weighted by molar-refractivity contribution is -0.138. The van der Waals surface area contributed by atoms with Crippen LogP contribution in [0.2, 0.25) is 0 Å². The van der Waals surface area contributed by atoms with E-state index in [9.17, 15) is 9.59 Å². The van der Waals surface area contributed by atoms with Crippen molar-refractivity contribution in [1.29, 1.82) is 0 Å². The molecule has 0 bridgehead atoms. The van der Waals surface area contributed by atoms with Gasteiger partial charge in [-0.05, 0) is 19.3 Å². The van der Waals surface area contributed by atoms with Gasteiger partial charge in [-0.15, -0.1) is 0 Å². The Kier molecular flexibility index (Phi) is 4.93. The smallest absolute Gasteiger partial charge is 0.305 e. The Bertz CT molecular complexity index is 290. The summed E-state index contributed by atoms with van der Waals surface area (Å²) in [5, 5.41) is 11.6. The molecule has 0 aromatic carbocycles. The molecule has 1 amide bonds. The molecule has 1 fully saturated rings. The quantitative estimate of drug-likeness (QED) is 0.756. The fraction of sp³-hybridized carbons (Fsp3) is 0.833. The van der Waals surface area contributed by atoms with E-state index in [1.165, 1.54) is 0 Å². The lowest BCUT2D eigenvalue weighted by Crippen LogP contribution is -2.43. The van der Waals surface area contributed by atoms with E-state index in [4.69, 9.17) is 9.84 Å². The summed E-state index contributed by atoms with van der Waals surface area (Å²) in [5.41, 5.74) is 0. The Balaban J connectivity index is 2.49. The summed E-state index contributed by atoms with van der Waals surface area (Å²) in [6.45, 7) is 6.18. The highest BCUT2D eigenvalue weighted by Gasteiger charge is 2.30. The van der Waals surface area contributed by atoms with E-state index in [0.717, 1.165) is 0 Å². The van der Waals surface area contributed by atoms with Gasteiger partial charge in [0.2, 0.25) is 5.91 Å². The van der Waals surface area contributed by atoms with Crippen molar-refractivity contribution in [3.63, 3.8) is 0 Å². The topological polar surface area (TPSA) is 75.6 Å². The van der Waals surface area contributed by atoms with Crippen LogP contribution in [0.4, 0.5) is 0 Å². The van der Waals surface area contributed by atoms with Crippen LogP contribution < -0.4 is 5.32 Å². The third-order valence-electron chi connectivity index (χ3n) is 3.10. The Morgan fingerprint density at radius 3 is 2.53 bits per heavy atom. The van der Waals surface area contributed by atoms with Crippen LogP contribution in [0.15, 0.2) is 0 Å². The summed E-state index contributed by atoms with van der Waals surface area (Å²) in [5.74, 6) is -1.01. The molecule has 0 spiro atoms. The first-order chi connectivity index (χ1) is 7.90. The van der Waals surface area contributed by atoms with Crippen LogP contribution in [0, 0.1) is 11.8 Å². The first-order valence-electron chi connectivity index (χ1n) is 6.04. The van der Waals surface area contributed by atoms with Crippen LogP contribution >= 0.6 is 0 Å². The van der Waals surface area contributed by atoms with Crippen LogP contribution in [0.1, 0.15) is 33.6 Å². The fourth-order valence-corrected chi connectivity index (χ4v) is 1.94. The number of rotatable bonds is 5. The monoisotopic (exact) mass is 243 g/mol. The van der Waals surface area contributed by atoms with Gasteiger partial charge in [0.25, 0.3) is 0 Å². The van der Waals surface area contributed by atoms with Gasteiger partial charge in [-0.25, -0.2) is 0 Å². The molecule has 5 heteroatoms. The number of hydrogen-bond donors (Lipinski definition) is 2. The Hall–Kier alpha value is -1.10. The van der Waals surface area contributed by atoms with Crippen LogP contribution in [0.25, 0.3) is 0 Å². The number of carboxylic acid groups (broad SMARTS) is 1. The first kappa shape index (κ1) is 14.0. The van der Waals surface area contributed by atoms with Gasteiger partial charge in [0.05, 0.1) is 25.0 Å². The van der Waals surface area contributed by atoms with E-state index in [1.54, 1.807) is 0 Å². The molecule has 1 rings (SSSR count). The Morgan fingerprint density at radius 2 is 2.12 bits per heavy atom. The average molecular weight is 243 g/mol. The minimum absolute atomic E-state index is 0.0352. The van der Waals surface area contributed by atoms with Gasteiger partial charge in [-0.3, -0.25) is 9.59 Å². The van der Waals surface area contributed by atoms with Crippen molar-refractivity contribution in [2.45, 2.75) is 45.8 Å². The minimum Gasteiger partial charge on any atom is -0.481 e. The highest BCUT2D eigenvalue weighted by molar-refractivity contribution is 5.80. The summed E-state index contributed by atoms with van der Waals surface area (Å²) in [4.78, 5) is 22.6. The molecular formula is C12H21NO4. The van der Waals surface area contributed by atoms with Crippen LogP contribution in [-0.4, -0.2) is 35.7 Å². The highest BCUT2D eigenvalue weighted by Crippen LogP contribution is 2.20. The third kappa shape index (κ3) is 4.34. The zero-order chi connectivity index (χ0) is 13.0. The maximum Gasteiger partial charge on any atom is 0.305 e. The van der Waals surface area contributed by atoms with E-state index in [2.05, 4.69) is 5.32 Å². The summed E-state index contributed by atoms with van der Waals surface area (Å²) in [6.07, 6.45) is 0.790. The molecule has 3 atom stereocenters. The van der Waals surface area contributed by atoms with Gasteiger partial charge in [-0.2, -0.15) is 0 Å². The van der Waals surface area contributed by atoms with Gasteiger partial charge in [-0.1, -0.05) is 13.8 Å². The van der Waals surface area contributed by atoms with Crippen molar-refractivity contribution in [2.75, 3.05) is 6.61 Å². The van der Waals surface area contributed by atoms with Gasteiger partial charge in [0, 0.05) is 6.04 Å². The normalized spacial score (nSPS) is 25.9. The Morgan fingerprint density at radius 1 is 1.47 bits per heavy atom. The molecular weight excluding hydrogens is 222 g/mol. The molecule has 0 aromatic rings. The number of hydrogen-bond acceptors (Lipinski definition) is 3. The molecule has 1 aliphatic rings. The Labute approximate surface area is 102 Å². The van der Waals surface area contributed by atoms with Crippen molar-refractivity contribution in [3.8, 4) is 0 Å². The molecule has 0 radical (unpaired) electrons. The number of amides is 1. The van der Waals surface area contributed by atoms with Gasteiger partial charge in [0.1, 0.15) is 0 Å². The predicted octanol–water partition coefficient (Wildman–Crippen LogP) is 1.03.